The van der Waals surface area contributed by atoms with Crippen molar-refractivity contribution in [1.29, 1.82) is 5.26 Å². The maximum atomic E-state index is 13.0. The summed E-state index contributed by atoms with van der Waals surface area (Å²) in [6.07, 6.45) is 1.27. The molecule has 0 aliphatic carbocycles. The van der Waals surface area contributed by atoms with Crippen LogP contribution in [0.25, 0.3) is 5.76 Å². The summed E-state index contributed by atoms with van der Waals surface area (Å²) in [4.78, 5) is 27.9. The minimum Gasteiger partial charge on any atom is -0.465 e. The number of rotatable bonds is 8. The van der Waals surface area contributed by atoms with E-state index in [1.165, 1.54) is 6.08 Å². The number of esters is 2. The van der Waals surface area contributed by atoms with Crippen molar-refractivity contribution in [1.82, 2.24) is 0 Å². The highest BCUT2D eigenvalue weighted by Gasteiger charge is 2.56. The van der Waals surface area contributed by atoms with Gasteiger partial charge in [-0.2, -0.15) is 5.26 Å². The molecule has 8 nitrogen and oxygen atoms in total. The quantitative estimate of drug-likeness (QED) is 0.473. The van der Waals surface area contributed by atoms with Gasteiger partial charge in [0.05, 0.1) is 19.8 Å². The summed E-state index contributed by atoms with van der Waals surface area (Å²) in [7, 11) is 3.82. The van der Waals surface area contributed by atoms with E-state index in [0.29, 0.717) is 5.56 Å². The molecule has 1 aliphatic rings. The van der Waals surface area contributed by atoms with E-state index in [1.807, 2.05) is 37.2 Å². The number of hydrogen-bond acceptors (Lipinski definition) is 8. The van der Waals surface area contributed by atoms with Gasteiger partial charge in [0, 0.05) is 25.3 Å². The molecule has 30 heavy (non-hydrogen) atoms. The van der Waals surface area contributed by atoms with Crippen molar-refractivity contribution in [3.05, 3.63) is 47.4 Å². The predicted octanol–water partition coefficient (Wildman–Crippen LogP) is 3.01. The Kier molecular flexibility index (Phi) is 7.48. The van der Waals surface area contributed by atoms with Crippen LogP contribution in [0.1, 0.15) is 26.3 Å². The molecule has 0 N–H and O–H groups in total. The van der Waals surface area contributed by atoms with Crippen molar-refractivity contribution in [2.24, 2.45) is 5.41 Å². The SMILES string of the molecule is CCOC(=O)C1(C(=O)OCC)C=C(c2ccc(N(C)C)cc2)OC(OCC)=C1C#N. The minimum absolute atomic E-state index is 0.0181. The largest absolute Gasteiger partial charge is 0.465 e. The van der Waals surface area contributed by atoms with Crippen LogP contribution in [0.5, 0.6) is 0 Å². The Morgan fingerprint density at radius 3 is 2.03 bits per heavy atom. The monoisotopic (exact) mass is 414 g/mol. The first kappa shape index (κ1) is 22.8. The zero-order chi connectivity index (χ0) is 22.3. The van der Waals surface area contributed by atoms with Gasteiger partial charge in [0.25, 0.3) is 0 Å². The first-order chi connectivity index (χ1) is 14.3. The van der Waals surface area contributed by atoms with Crippen LogP contribution in [0.4, 0.5) is 5.69 Å². The number of carbonyl (C=O) groups excluding carboxylic acids is 2. The van der Waals surface area contributed by atoms with Gasteiger partial charge in [0.15, 0.2) is 0 Å². The fourth-order valence-corrected chi connectivity index (χ4v) is 2.94. The molecular formula is C22H26N2O6. The summed E-state index contributed by atoms with van der Waals surface area (Å²) in [5, 5.41) is 9.79. The summed E-state index contributed by atoms with van der Waals surface area (Å²) in [6, 6.07) is 9.16. The number of anilines is 1. The molecule has 0 fully saturated rings. The van der Waals surface area contributed by atoms with Gasteiger partial charge < -0.3 is 23.8 Å². The number of benzene rings is 1. The first-order valence-corrected chi connectivity index (χ1v) is 9.66. The van der Waals surface area contributed by atoms with Crippen molar-refractivity contribution >= 4 is 23.4 Å². The molecule has 2 rings (SSSR count). The second kappa shape index (κ2) is 9.83. The molecule has 0 aromatic heterocycles. The highest BCUT2D eigenvalue weighted by Crippen LogP contribution is 2.43. The standard InChI is InChI=1S/C22H26N2O6/c1-6-27-19-17(14-23)22(20(25)28-7-2,21(26)29-8-3)13-18(30-19)15-9-11-16(12-10-15)24(4)5/h9-13H,6-8H2,1-5H3. The molecule has 0 amide bonds. The van der Waals surface area contributed by atoms with E-state index in [4.69, 9.17) is 18.9 Å². The molecule has 1 aromatic carbocycles. The Labute approximate surface area is 176 Å². The molecular weight excluding hydrogens is 388 g/mol. The summed E-state index contributed by atoms with van der Waals surface area (Å²) in [6.45, 7) is 5.12. The Bertz CT molecular complexity index is 875. The van der Waals surface area contributed by atoms with Crippen molar-refractivity contribution in [2.45, 2.75) is 20.8 Å². The zero-order valence-electron chi connectivity index (χ0n) is 17.9. The van der Waals surface area contributed by atoms with Crippen LogP contribution >= 0.6 is 0 Å². The summed E-state index contributed by atoms with van der Waals surface area (Å²) in [5.41, 5.74) is -0.891. The molecule has 8 heteroatoms. The van der Waals surface area contributed by atoms with Gasteiger partial charge in [-0.3, -0.25) is 9.59 Å². The van der Waals surface area contributed by atoms with Gasteiger partial charge >= 0.3 is 17.9 Å². The average Bonchev–Trinajstić information content (AvgIpc) is 2.73. The normalized spacial score (nSPS) is 14.7. The van der Waals surface area contributed by atoms with Gasteiger partial charge in [-0.05, 0) is 51.1 Å². The van der Waals surface area contributed by atoms with E-state index in [-0.39, 0.29) is 37.1 Å². The van der Waals surface area contributed by atoms with E-state index in [9.17, 15) is 14.9 Å². The summed E-state index contributed by atoms with van der Waals surface area (Å²) in [5.74, 6) is -1.90. The highest BCUT2D eigenvalue weighted by atomic mass is 16.7. The molecule has 0 radical (unpaired) electrons. The molecule has 0 saturated carbocycles. The third kappa shape index (κ3) is 4.25. The predicted molar refractivity (Wildman–Crippen MR) is 110 cm³/mol. The number of nitrogens with zero attached hydrogens (tertiary/aromatic N) is 2. The lowest BCUT2D eigenvalue weighted by molar-refractivity contribution is -0.165. The van der Waals surface area contributed by atoms with Crippen LogP contribution in [-0.2, 0) is 28.5 Å². The Morgan fingerprint density at radius 1 is 1.03 bits per heavy atom. The van der Waals surface area contributed by atoms with Crippen molar-refractivity contribution < 1.29 is 28.5 Å². The van der Waals surface area contributed by atoms with Gasteiger partial charge in [-0.15, -0.1) is 0 Å². The number of nitriles is 1. The summed E-state index contributed by atoms with van der Waals surface area (Å²) >= 11 is 0. The second-order valence-electron chi connectivity index (χ2n) is 6.51. The van der Waals surface area contributed by atoms with E-state index in [1.54, 1.807) is 32.9 Å². The van der Waals surface area contributed by atoms with E-state index in [0.717, 1.165) is 5.69 Å². The smallest absolute Gasteiger partial charge is 0.333 e. The fourth-order valence-electron chi connectivity index (χ4n) is 2.94. The third-order valence-electron chi connectivity index (χ3n) is 4.40. The molecule has 0 saturated heterocycles. The third-order valence-corrected chi connectivity index (χ3v) is 4.40. The molecule has 1 heterocycles. The molecule has 0 unspecified atom stereocenters. The van der Waals surface area contributed by atoms with Gasteiger partial charge in [0.1, 0.15) is 17.4 Å². The highest BCUT2D eigenvalue weighted by molar-refractivity contribution is 6.08. The molecule has 0 bridgehead atoms. The maximum Gasteiger partial charge on any atom is 0.333 e. The van der Waals surface area contributed by atoms with Crippen molar-refractivity contribution in [3.63, 3.8) is 0 Å². The fraction of sp³-hybridized carbons (Fsp3) is 0.409. The second-order valence-corrected chi connectivity index (χ2v) is 6.51. The van der Waals surface area contributed by atoms with E-state index >= 15 is 0 Å². The maximum absolute atomic E-state index is 13.0. The lowest BCUT2D eigenvalue weighted by Crippen LogP contribution is -2.44. The molecule has 0 atom stereocenters. The lowest BCUT2D eigenvalue weighted by Gasteiger charge is -2.31. The van der Waals surface area contributed by atoms with E-state index < -0.39 is 17.4 Å². The van der Waals surface area contributed by atoms with Gasteiger partial charge in [-0.25, -0.2) is 0 Å². The van der Waals surface area contributed by atoms with Crippen LogP contribution in [-0.4, -0.2) is 45.9 Å². The Morgan fingerprint density at radius 2 is 1.60 bits per heavy atom. The number of ether oxygens (including phenoxy) is 4. The van der Waals surface area contributed by atoms with E-state index in [2.05, 4.69) is 0 Å². The molecule has 1 aromatic rings. The molecule has 1 aliphatic heterocycles. The van der Waals surface area contributed by atoms with Crippen LogP contribution in [0.15, 0.2) is 41.9 Å². The summed E-state index contributed by atoms with van der Waals surface area (Å²) < 4.78 is 21.6. The lowest BCUT2D eigenvalue weighted by atomic mass is 9.78. The molecule has 0 spiro atoms. The van der Waals surface area contributed by atoms with Crippen LogP contribution in [0, 0.1) is 16.7 Å². The van der Waals surface area contributed by atoms with Gasteiger partial charge in [-0.1, -0.05) is 0 Å². The van der Waals surface area contributed by atoms with Crippen LogP contribution in [0.3, 0.4) is 0 Å². The van der Waals surface area contributed by atoms with Crippen LogP contribution < -0.4 is 4.90 Å². The van der Waals surface area contributed by atoms with Crippen molar-refractivity contribution in [2.75, 3.05) is 38.8 Å². The number of carbonyl (C=O) groups is 2. The Hall–Kier alpha value is -3.47. The molecule has 160 valence electrons. The minimum atomic E-state index is -2.13. The van der Waals surface area contributed by atoms with Crippen LogP contribution in [0.2, 0.25) is 0 Å². The zero-order valence-corrected chi connectivity index (χ0v) is 17.9. The average molecular weight is 414 g/mol. The Balaban J connectivity index is 2.72. The van der Waals surface area contributed by atoms with Crippen molar-refractivity contribution in [3.8, 4) is 6.07 Å². The van der Waals surface area contributed by atoms with Gasteiger partial charge in [0.2, 0.25) is 5.41 Å². The number of hydrogen-bond donors (Lipinski definition) is 0. The topological polar surface area (TPSA) is 98.1 Å². The first-order valence-electron chi connectivity index (χ1n) is 9.66.